The lowest BCUT2D eigenvalue weighted by molar-refractivity contribution is -0.123. The first kappa shape index (κ1) is 20.7. The van der Waals surface area contributed by atoms with Crippen LogP contribution in [0.25, 0.3) is 0 Å². The monoisotopic (exact) mass is 385 g/mol. The molecule has 1 aromatic carbocycles. The quantitative estimate of drug-likeness (QED) is 0.775. The lowest BCUT2D eigenvalue weighted by atomic mass is 9.81. The third kappa shape index (κ3) is 5.98. The molecule has 0 spiro atoms. The van der Waals surface area contributed by atoms with Crippen LogP contribution >= 0.6 is 0 Å². The summed E-state index contributed by atoms with van der Waals surface area (Å²) in [5.74, 6) is 0.875. The summed E-state index contributed by atoms with van der Waals surface area (Å²) in [6, 6.07) is 10.5. The lowest BCUT2D eigenvalue weighted by Crippen LogP contribution is -2.51. The predicted octanol–water partition coefficient (Wildman–Crippen LogP) is 4.08. The van der Waals surface area contributed by atoms with Gasteiger partial charge < -0.3 is 15.5 Å². The number of amides is 3. The summed E-state index contributed by atoms with van der Waals surface area (Å²) in [4.78, 5) is 27.0. The summed E-state index contributed by atoms with van der Waals surface area (Å²) in [5, 5.41) is 6.28. The van der Waals surface area contributed by atoms with Crippen molar-refractivity contribution in [2.24, 2.45) is 11.8 Å². The highest BCUT2D eigenvalue weighted by Gasteiger charge is 2.32. The van der Waals surface area contributed by atoms with Crippen molar-refractivity contribution in [1.82, 2.24) is 15.5 Å². The number of hydrogen-bond donors (Lipinski definition) is 2. The van der Waals surface area contributed by atoms with E-state index >= 15 is 0 Å². The SMILES string of the molecule is CCC1CN(C(=O)NC2CCCCC2)CCC1CC(=O)NCc1ccccc1. The van der Waals surface area contributed by atoms with E-state index in [1.54, 1.807) is 0 Å². The summed E-state index contributed by atoms with van der Waals surface area (Å²) in [5.41, 5.74) is 1.12. The van der Waals surface area contributed by atoms with Gasteiger partial charge in [0.1, 0.15) is 0 Å². The zero-order chi connectivity index (χ0) is 19.8. The molecule has 3 amide bonds. The first-order valence-corrected chi connectivity index (χ1v) is 11.0. The van der Waals surface area contributed by atoms with Gasteiger partial charge in [0.15, 0.2) is 0 Å². The second-order valence-corrected chi connectivity index (χ2v) is 8.41. The van der Waals surface area contributed by atoms with Gasteiger partial charge in [0.25, 0.3) is 0 Å². The van der Waals surface area contributed by atoms with Gasteiger partial charge in [-0.15, -0.1) is 0 Å². The Morgan fingerprint density at radius 3 is 2.50 bits per heavy atom. The van der Waals surface area contributed by atoms with E-state index in [2.05, 4.69) is 17.6 Å². The molecule has 1 aliphatic heterocycles. The Morgan fingerprint density at radius 1 is 1.04 bits per heavy atom. The number of carbonyl (C=O) groups is 2. The molecule has 5 heteroatoms. The van der Waals surface area contributed by atoms with Crippen molar-refractivity contribution >= 4 is 11.9 Å². The zero-order valence-corrected chi connectivity index (χ0v) is 17.2. The molecule has 1 saturated carbocycles. The largest absolute Gasteiger partial charge is 0.352 e. The highest BCUT2D eigenvalue weighted by molar-refractivity contribution is 5.76. The van der Waals surface area contributed by atoms with E-state index in [4.69, 9.17) is 0 Å². The Balaban J connectivity index is 1.44. The average molecular weight is 386 g/mol. The Bertz CT molecular complexity index is 628. The minimum atomic E-state index is 0.0947. The zero-order valence-electron chi connectivity index (χ0n) is 17.2. The van der Waals surface area contributed by atoms with Crippen LogP contribution in [0.4, 0.5) is 4.79 Å². The fourth-order valence-corrected chi connectivity index (χ4v) is 4.62. The van der Waals surface area contributed by atoms with Crippen LogP contribution in [0.5, 0.6) is 0 Å². The van der Waals surface area contributed by atoms with Gasteiger partial charge in [-0.1, -0.05) is 62.9 Å². The summed E-state index contributed by atoms with van der Waals surface area (Å²) in [6.45, 7) is 4.28. The normalized spacial score (nSPS) is 23.2. The van der Waals surface area contributed by atoms with Gasteiger partial charge in [0.05, 0.1) is 0 Å². The molecule has 3 rings (SSSR count). The molecule has 1 saturated heterocycles. The summed E-state index contributed by atoms with van der Waals surface area (Å²) < 4.78 is 0. The van der Waals surface area contributed by atoms with E-state index in [9.17, 15) is 9.59 Å². The highest BCUT2D eigenvalue weighted by atomic mass is 16.2. The first-order valence-electron chi connectivity index (χ1n) is 11.0. The van der Waals surface area contributed by atoms with Crippen LogP contribution in [0.2, 0.25) is 0 Å². The maximum absolute atomic E-state index is 12.7. The number of rotatable bonds is 6. The number of urea groups is 1. The van der Waals surface area contributed by atoms with Crippen molar-refractivity contribution in [2.75, 3.05) is 13.1 Å². The molecule has 0 radical (unpaired) electrons. The second kappa shape index (κ2) is 10.5. The van der Waals surface area contributed by atoms with E-state index in [-0.39, 0.29) is 11.9 Å². The molecule has 2 aliphatic rings. The molecule has 154 valence electrons. The van der Waals surface area contributed by atoms with Crippen molar-refractivity contribution in [3.05, 3.63) is 35.9 Å². The molecule has 0 bridgehead atoms. The standard InChI is InChI=1S/C23H35N3O2/c1-2-19-17-26(23(28)25-21-11-7-4-8-12-21)14-13-20(19)15-22(27)24-16-18-9-5-3-6-10-18/h3,5-6,9-10,19-21H,2,4,7-8,11-17H2,1H3,(H,24,27)(H,25,28). The number of nitrogens with one attached hydrogen (secondary N) is 2. The smallest absolute Gasteiger partial charge is 0.317 e. The van der Waals surface area contributed by atoms with Gasteiger partial charge in [0, 0.05) is 32.1 Å². The van der Waals surface area contributed by atoms with Crippen LogP contribution in [0.3, 0.4) is 0 Å². The van der Waals surface area contributed by atoms with Crippen molar-refractivity contribution < 1.29 is 9.59 Å². The Morgan fingerprint density at radius 2 is 1.79 bits per heavy atom. The van der Waals surface area contributed by atoms with Crippen LogP contribution in [-0.2, 0) is 11.3 Å². The maximum Gasteiger partial charge on any atom is 0.317 e. The predicted molar refractivity (Wildman–Crippen MR) is 112 cm³/mol. The van der Waals surface area contributed by atoms with Crippen LogP contribution in [0.1, 0.15) is 63.9 Å². The summed E-state index contributed by atoms with van der Waals surface area (Å²) in [7, 11) is 0. The molecule has 1 aliphatic carbocycles. The fourth-order valence-electron chi connectivity index (χ4n) is 4.62. The molecule has 28 heavy (non-hydrogen) atoms. The van der Waals surface area contributed by atoms with E-state index < -0.39 is 0 Å². The molecule has 0 aromatic heterocycles. The highest BCUT2D eigenvalue weighted by Crippen LogP contribution is 2.29. The Kier molecular flexibility index (Phi) is 7.75. The summed E-state index contributed by atoms with van der Waals surface area (Å²) in [6.07, 6.45) is 8.44. The maximum atomic E-state index is 12.7. The van der Waals surface area contributed by atoms with Gasteiger partial charge in [-0.2, -0.15) is 0 Å². The van der Waals surface area contributed by atoms with Gasteiger partial charge in [0.2, 0.25) is 5.91 Å². The first-order chi connectivity index (χ1) is 13.7. The average Bonchev–Trinajstić information content (AvgIpc) is 2.74. The van der Waals surface area contributed by atoms with E-state index in [0.29, 0.717) is 30.8 Å². The minimum absolute atomic E-state index is 0.0947. The van der Waals surface area contributed by atoms with Crippen molar-refractivity contribution in [3.63, 3.8) is 0 Å². The molecule has 2 N–H and O–H groups in total. The molecular formula is C23H35N3O2. The molecule has 1 aromatic rings. The third-order valence-corrected chi connectivity index (χ3v) is 6.42. The van der Waals surface area contributed by atoms with Crippen LogP contribution in [-0.4, -0.2) is 36.0 Å². The molecule has 1 heterocycles. The van der Waals surface area contributed by atoms with E-state index in [1.807, 2.05) is 35.2 Å². The van der Waals surface area contributed by atoms with Crippen LogP contribution in [0, 0.1) is 11.8 Å². The third-order valence-electron chi connectivity index (χ3n) is 6.42. The fraction of sp³-hybridized carbons (Fsp3) is 0.652. The Hall–Kier alpha value is -2.04. The lowest BCUT2D eigenvalue weighted by Gasteiger charge is -2.39. The van der Waals surface area contributed by atoms with Crippen molar-refractivity contribution in [2.45, 2.75) is 70.9 Å². The molecular weight excluding hydrogens is 350 g/mol. The van der Waals surface area contributed by atoms with Gasteiger partial charge in [-0.25, -0.2) is 4.79 Å². The molecule has 2 fully saturated rings. The second-order valence-electron chi connectivity index (χ2n) is 8.41. The Labute approximate surface area is 169 Å². The molecule has 2 atom stereocenters. The van der Waals surface area contributed by atoms with Crippen LogP contribution in [0.15, 0.2) is 30.3 Å². The van der Waals surface area contributed by atoms with E-state index in [0.717, 1.165) is 44.3 Å². The van der Waals surface area contributed by atoms with Gasteiger partial charge >= 0.3 is 6.03 Å². The number of benzene rings is 1. The number of carbonyl (C=O) groups excluding carboxylic acids is 2. The number of hydrogen-bond acceptors (Lipinski definition) is 2. The minimum Gasteiger partial charge on any atom is -0.352 e. The van der Waals surface area contributed by atoms with Crippen molar-refractivity contribution in [1.29, 1.82) is 0 Å². The number of nitrogens with zero attached hydrogens (tertiary/aromatic N) is 1. The number of piperidine rings is 1. The van der Waals surface area contributed by atoms with Gasteiger partial charge in [-0.3, -0.25) is 4.79 Å². The number of likely N-dealkylation sites (tertiary alicyclic amines) is 1. The summed E-state index contributed by atoms with van der Waals surface area (Å²) >= 11 is 0. The van der Waals surface area contributed by atoms with Crippen LogP contribution < -0.4 is 10.6 Å². The molecule has 2 unspecified atom stereocenters. The van der Waals surface area contributed by atoms with Crippen molar-refractivity contribution in [3.8, 4) is 0 Å². The van der Waals surface area contributed by atoms with E-state index in [1.165, 1.54) is 19.3 Å². The molecule has 5 nitrogen and oxygen atoms in total. The topological polar surface area (TPSA) is 61.4 Å². The van der Waals surface area contributed by atoms with Gasteiger partial charge in [-0.05, 0) is 36.7 Å².